The Morgan fingerprint density at radius 3 is 3.00 bits per heavy atom. The molecule has 4 rings (SSSR count). The first kappa shape index (κ1) is 16.2. The van der Waals surface area contributed by atoms with Crippen molar-refractivity contribution in [3.8, 4) is 0 Å². The predicted molar refractivity (Wildman–Crippen MR) is 97.3 cm³/mol. The Hall–Kier alpha value is -1.33. The van der Waals surface area contributed by atoms with Crippen LogP contribution in [0.5, 0.6) is 0 Å². The summed E-state index contributed by atoms with van der Waals surface area (Å²) >= 11 is 1.92. The van der Waals surface area contributed by atoms with Crippen LogP contribution in [0.25, 0.3) is 0 Å². The second kappa shape index (κ2) is 7.28. The fourth-order valence-electron chi connectivity index (χ4n) is 4.27. The van der Waals surface area contributed by atoms with Crippen molar-refractivity contribution in [1.29, 1.82) is 0 Å². The minimum atomic E-state index is 0.411. The van der Waals surface area contributed by atoms with E-state index in [0.29, 0.717) is 18.0 Å². The van der Waals surface area contributed by atoms with E-state index >= 15 is 0 Å². The lowest BCUT2D eigenvalue weighted by atomic mass is 9.94. The molecule has 0 aliphatic carbocycles. The molecule has 1 aromatic carbocycles. The average Bonchev–Trinajstić information content (AvgIpc) is 3.32. The summed E-state index contributed by atoms with van der Waals surface area (Å²) in [6.07, 6.45) is 4.53. The number of benzene rings is 1. The third kappa shape index (κ3) is 3.11. The largest absolute Gasteiger partial charge is 0.339 e. The minimum Gasteiger partial charge on any atom is -0.339 e. The summed E-state index contributed by atoms with van der Waals surface area (Å²) < 4.78 is 5.52. The zero-order chi connectivity index (χ0) is 16.4. The molecule has 4 nitrogen and oxygen atoms in total. The number of thioether (sulfide) groups is 1. The lowest BCUT2D eigenvalue weighted by Crippen LogP contribution is -2.27. The molecule has 0 amide bonds. The minimum absolute atomic E-state index is 0.411. The van der Waals surface area contributed by atoms with Gasteiger partial charge in [0.15, 0.2) is 5.82 Å². The molecular formula is C19H25N3OS. The number of rotatable bonds is 6. The fraction of sp³-hybridized carbons (Fsp3) is 0.579. The third-order valence-electron chi connectivity index (χ3n) is 5.35. The van der Waals surface area contributed by atoms with Gasteiger partial charge in [-0.15, -0.1) is 0 Å². The Kier molecular flexibility index (Phi) is 4.90. The molecule has 0 bridgehead atoms. The first-order valence-electron chi connectivity index (χ1n) is 9.07. The number of hydrogen-bond donors (Lipinski definition) is 0. The molecule has 0 unspecified atom stereocenters. The van der Waals surface area contributed by atoms with Gasteiger partial charge in [-0.05, 0) is 37.1 Å². The van der Waals surface area contributed by atoms with Gasteiger partial charge in [-0.25, -0.2) is 0 Å². The molecule has 24 heavy (non-hydrogen) atoms. The van der Waals surface area contributed by atoms with E-state index in [4.69, 9.17) is 9.51 Å². The first-order valence-corrected chi connectivity index (χ1v) is 10.2. The molecule has 0 N–H and O–H groups in total. The second-order valence-corrected chi connectivity index (χ2v) is 8.10. The molecule has 0 saturated carbocycles. The van der Waals surface area contributed by atoms with Gasteiger partial charge in [0, 0.05) is 30.2 Å². The first-order chi connectivity index (χ1) is 11.9. The van der Waals surface area contributed by atoms with Crippen molar-refractivity contribution >= 4 is 11.8 Å². The van der Waals surface area contributed by atoms with Gasteiger partial charge < -0.3 is 4.52 Å². The lowest BCUT2D eigenvalue weighted by molar-refractivity contribution is 0.243. The van der Waals surface area contributed by atoms with Crippen LogP contribution in [0.15, 0.2) is 34.9 Å². The topological polar surface area (TPSA) is 42.2 Å². The highest BCUT2D eigenvalue weighted by Crippen LogP contribution is 2.48. The summed E-state index contributed by atoms with van der Waals surface area (Å²) in [4.78, 5) is 7.40. The van der Waals surface area contributed by atoms with E-state index in [9.17, 15) is 0 Å². The summed E-state index contributed by atoms with van der Waals surface area (Å²) in [7, 11) is 0. The van der Waals surface area contributed by atoms with Crippen LogP contribution >= 0.6 is 11.8 Å². The summed E-state index contributed by atoms with van der Waals surface area (Å²) in [6, 6.07) is 12.0. The second-order valence-electron chi connectivity index (χ2n) is 6.71. The SMILES string of the molecule is CCSCCc1nc([C@@H]2C[C@H](c3ccccc3)N3CCC[C@@H]23)no1. The van der Waals surface area contributed by atoms with Crippen LogP contribution in [0.3, 0.4) is 0 Å². The number of fused-ring (bicyclic) bond motifs is 1. The zero-order valence-corrected chi connectivity index (χ0v) is 15.0. The van der Waals surface area contributed by atoms with E-state index in [2.05, 4.69) is 47.3 Å². The summed E-state index contributed by atoms with van der Waals surface area (Å²) in [6.45, 7) is 3.37. The molecule has 2 saturated heterocycles. The molecule has 3 heterocycles. The van der Waals surface area contributed by atoms with Crippen molar-refractivity contribution < 1.29 is 4.52 Å². The number of aromatic nitrogens is 2. The average molecular weight is 343 g/mol. The van der Waals surface area contributed by atoms with Crippen molar-refractivity contribution in [3.63, 3.8) is 0 Å². The number of aryl methyl sites for hydroxylation is 1. The lowest BCUT2D eigenvalue weighted by Gasteiger charge is -2.24. The molecule has 2 aliphatic rings. The maximum Gasteiger partial charge on any atom is 0.227 e. The van der Waals surface area contributed by atoms with Gasteiger partial charge in [-0.3, -0.25) is 4.90 Å². The summed E-state index contributed by atoms with van der Waals surface area (Å²) in [5.74, 6) is 4.35. The summed E-state index contributed by atoms with van der Waals surface area (Å²) in [5.41, 5.74) is 1.43. The highest BCUT2D eigenvalue weighted by Gasteiger charge is 2.46. The molecule has 2 fully saturated rings. The van der Waals surface area contributed by atoms with Gasteiger partial charge >= 0.3 is 0 Å². The molecule has 2 aromatic rings. The number of hydrogen-bond acceptors (Lipinski definition) is 5. The normalized spacial score (nSPS) is 26.8. The van der Waals surface area contributed by atoms with E-state index in [1.165, 1.54) is 24.9 Å². The predicted octanol–water partition coefficient (Wildman–Crippen LogP) is 4.06. The van der Waals surface area contributed by atoms with Gasteiger partial charge in [-0.2, -0.15) is 16.7 Å². The van der Waals surface area contributed by atoms with Crippen molar-refractivity contribution in [2.24, 2.45) is 0 Å². The van der Waals surface area contributed by atoms with Crippen LogP contribution in [0.1, 0.15) is 55.4 Å². The van der Waals surface area contributed by atoms with Gasteiger partial charge in [0.1, 0.15) is 0 Å². The molecule has 0 radical (unpaired) electrons. The Bertz CT molecular complexity index is 660. The Labute approximate surface area is 148 Å². The summed E-state index contributed by atoms with van der Waals surface area (Å²) in [5, 5.41) is 4.34. The highest BCUT2D eigenvalue weighted by molar-refractivity contribution is 7.99. The van der Waals surface area contributed by atoms with E-state index < -0.39 is 0 Å². The zero-order valence-electron chi connectivity index (χ0n) is 14.2. The molecule has 5 heteroatoms. The van der Waals surface area contributed by atoms with Gasteiger partial charge in [-0.1, -0.05) is 42.4 Å². The maximum atomic E-state index is 5.52. The van der Waals surface area contributed by atoms with Crippen molar-refractivity contribution in [2.75, 3.05) is 18.1 Å². The standard InChI is InChI=1S/C19H25N3OS/c1-2-24-12-10-18-20-19(21-23-18)15-13-17(14-7-4-3-5-8-14)22-11-6-9-16(15)22/h3-5,7-8,15-17H,2,6,9-13H2,1H3/t15-,16+,17-/m1/s1. The smallest absolute Gasteiger partial charge is 0.227 e. The van der Waals surface area contributed by atoms with Gasteiger partial charge in [0.2, 0.25) is 5.89 Å². The molecule has 128 valence electrons. The molecule has 0 spiro atoms. The Morgan fingerprint density at radius 1 is 1.29 bits per heavy atom. The fourth-order valence-corrected chi connectivity index (χ4v) is 4.88. The monoisotopic (exact) mass is 343 g/mol. The van der Waals surface area contributed by atoms with Crippen LogP contribution in [-0.2, 0) is 6.42 Å². The van der Waals surface area contributed by atoms with Crippen molar-refractivity contribution in [1.82, 2.24) is 15.0 Å². The van der Waals surface area contributed by atoms with Gasteiger partial charge in [0.25, 0.3) is 0 Å². The van der Waals surface area contributed by atoms with E-state index in [-0.39, 0.29) is 0 Å². The van der Waals surface area contributed by atoms with E-state index in [1.54, 1.807) is 0 Å². The molecular weight excluding hydrogens is 318 g/mol. The Morgan fingerprint density at radius 2 is 2.17 bits per heavy atom. The molecule has 3 atom stereocenters. The van der Waals surface area contributed by atoms with Crippen molar-refractivity contribution in [3.05, 3.63) is 47.6 Å². The van der Waals surface area contributed by atoms with Crippen LogP contribution in [0.2, 0.25) is 0 Å². The Balaban J connectivity index is 1.51. The van der Waals surface area contributed by atoms with Crippen LogP contribution < -0.4 is 0 Å². The van der Waals surface area contributed by atoms with Crippen LogP contribution in [0, 0.1) is 0 Å². The van der Waals surface area contributed by atoms with E-state index in [0.717, 1.165) is 36.1 Å². The maximum absolute atomic E-state index is 5.52. The quantitative estimate of drug-likeness (QED) is 0.740. The molecule has 2 aliphatic heterocycles. The molecule has 1 aromatic heterocycles. The third-order valence-corrected chi connectivity index (χ3v) is 6.25. The number of nitrogens with zero attached hydrogens (tertiary/aromatic N) is 3. The van der Waals surface area contributed by atoms with Crippen LogP contribution in [-0.4, -0.2) is 39.1 Å². The highest BCUT2D eigenvalue weighted by atomic mass is 32.2. The van der Waals surface area contributed by atoms with Crippen molar-refractivity contribution in [2.45, 2.75) is 50.6 Å². The van der Waals surface area contributed by atoms with Gasteiger partial charge in [0.05, 0.1) is 0 Å². The van der Waals surface area contributed by atoms with Crippen LogP contribution in [0.4, 0.5) is 0 Å². The van der Waals surface area contributed by atoms with E-state index in [1.807, 2.05) is 11.8 Å².